The molecule has 2 bridgehead atoms. The summed E-state index contributed by atoms with van der Waals surface area (Å²) < 4.78 is 6.20. The lowest BCUT2D eigenvalue weighted by Gasteiger charge is -2.51. The van der Waals surface area contributed by atoms with Gasteiger partial charge in [0, 0.05) is 23.7 Å². The molecule has 3 aliphatic heterocycles. The van der Waals surface area contributed by atoms with Crippen LogP contribution in [0.2, 0.25) is 0 Å². The second kappa shape index (κ2) is 6.75. The fraction of sp³-hybridized carbons (Fsp3) is 0.478. The number of pyridine rings is 1. The van der Waals surface area contributed by atoms with E-state index in [9.17, 15) is 4.79 Å². The first-order valence-corrected chi connectivity index (χ1v) is 10.2. The Labute approximate surface area is 160 Å². The lowest BCUT2D eigenvalue weighted by molar-refractivity contribution is -0.158. The van der Waals surface area contributed by atoms with E-state index >= 15 is 0 Å². The molecule has 0 radical (unpaired) electrons. The number of ether oxygens (including phenoxy) is 1. The summed E-state index contributed by atoms with van der Waals surface area (Å²) in [6, 6.07) is 10.5. The predicted octanol–water partition coefficient (Wildman–Crippen LogP) is 4.13. The number of aromatic nitrogens is 1. The summed E-state index contributed by atoms with van der Waals surface area (Å²) in [6.45, 7) is 6.14. The van der Waals surface area contributed by atoms with Crippen LogP contribution in [-0.4, -0.2) is 35.0 Å². The van der Waals surface area contributed by atoms with Crippen LogP contribution in [0, 0.1) is 17.8 Å². The highest BCUT2D eigenvalue weighted by atomic mass is 16.5. The average molecular weight is 362 g/mol. The molecule has 1 aromatic carbocycles. The van der Waals surface area contributed by atoms with Crippen molar-refractivity contribution < 1.29 is 9.53 Å². The summed E-state index contributed by atoms with van der Waals surface area (Å²) in [4.78, 5) is 19.6. The van der Waals surface area contributed by atoms with Gasteiger partial charge in [0.2, 0.25) is 0 Å². The van der Waals surface area contributed by atoms with Crippen molar-refractivity contribution in [2.45, 2.75) is 37.8 Å². The van der Waals surface area contributed by atoms with E-state index in [2.05, 4.69) is 28.6 Å². The SMILES string of the molecule is C=C[C@@H]1CN2CC[C@H]1C[C@H]2[C@H](OC(=O)C1CC1)c1ccnc2ccccc12. The van der Waals surface area contributed by atoms with Gasteiger partial charge in [-0.3, -0.25) is 14.7 Å². The van der Waals surface area contributed by atoms with Crippen LogP contribution < -0.4 is 0 Å². The predicted molar refractivity (Wildman–Crippen MR) is 105 cm³/mol. The normalized spacial score (nSPS) is 30.8. The largest absolute Gasteiger partial charge is 0.456 e. The van der Waals surface area contributed by atoms with Gasteiger partial charge in [0.05, 0.1) is 17.5 Å². The zero-order valence-electron chi connectivity index (χ0n) is 15.6. The number of nitrogens with zero attached hydrogens (tertiary/aromatic N) is 2. The summed E-state index contributed by atoms with van der Waals surface area (Å²) in [7, 11) is 0. The molecule has 27 heavy (non-hydrogen) atoms. The number of fused-ring (bicyclic) bond motifs is 4. The van der Waals surface area contributed by atoms with Gasteiger partial charge in [0.15, 0.2) is 0 Å². The Bertz CT molecular complexity index is 870. The minimum absolute atomic E-state index is 0.0242. The number of carbonyl (C=O) groups excluding carboxylic acids is 1. The fourth-order valence-corrected chi connectivity index (χ4v) is 4.95. The van der Waals surface area contributed by atoms with Crippen molar-refractivity contribution >= 4 is 16.9 Å². The number of esters is 1. The number of para-hydroxylation sites is 1. The van der Waals surface area contributed by atoms with E-state index in [1.54, 1.807) is 0 Å². The van der Waals surface area contributed by atoms with Gasteiger partial charge in [0.1, 0.15) is 6.10 Å². The van der Waals surface area contributed by atoms with Gasteiger partial charge in [-0.05, 0) is 56.2 Å². The third kappa shape index (κ3) is 3.06. The van der Waals surface area contributed by atoms with Crippen molar-refractivity contribution in [1.29, 1.82) is 0 Å². The zero-order chi connectivity index (χ0) is 18.4. The maximum Gasteiger partial charge on any atom is 0.309 e. The molecule has 4 heteroatoms. The Hall–Kier alpha value is -2.20. The highest BCUT2D eigenvalue weighted by Crippen LogP contribution is 2.44. The molecule has 4 heterocycles. The summed E-state index contributed by atoms with van der Waals surface area (Å²) in [6.07, 6.45) is 7.96. The van der Waals surface area contributed by atoms with Crippen molar-refractivity contribution in [1.82, 2.24) is 9.88 Å². The number of hydrogen-bond donors (Lipinski definition) is 0. The van der Waals surface area contributed by atoms with Gasteiger partial charge in [-0.25, -0.2) is 0 Å². The van der Waals surface area contributed by atoms with E-state index < -0.39 is 0 Å². The number of piperidine rings is 3. The molecule has 1 unspecified atom stereocenters. The van der Waals surface area contributed by atoms with Crippen molar-refractivity contribution in [2.75, 3.05) is 13.1 Å². The van der Waals surface area contributed by atoms with Gasteiger partial charge < -0.3 is 4.74 Å². The summed E-state index contributed by atoms with van der Waals surface area (Å²) in [5, 5.41) is 1.09. The van der Waals surface area contributed by atoms with Gasteiger partial charge in [-0.15, -0.1) is 6.58 Å². The monoisotopic (exact) mass is 362 g/mol. The van der Waals surface area contributed by atoms with Crippen LogP contribution >= 0.6 is 0 Å². The van der Waals surface area contributed by atoms with Gasteiger partial charge in [-0.1, -0.05) is 24.3 Å². The van der Waals surface area contributed by atoms with Crippen molar-refractivity contribution in [3.8, 4) is 0 Å². The molecule has 2 aromatic rings. The molecular weight excluding hydrogens is 336 g/mol. The van der Waals surface area contributed by atoms with E-state index in [1.165, 1.54) is 6.42 Å². The molecule has 0 amide bonds. The Kier molecular flexibility index (Phi) is 4.24. The average Bonchev–Trinajstić information content (AvgIpc) is 3.57. The van der Waals surface area contributed by atoms with E-state index in [0.717, 1.165) is 48.8 Å². The molecule has 5 atom stereocenters. The van der Waals surface area contributed by atoms with Gasteiger partial charge in [0.25, 0.3) is 0 Å². The number of carbonyl (C=O) groups is 1. The Morgan fingerprint density at radius 3 is 2.85 bits per heavy atom. The van der Waals surface area contributed by atoms with Crippen molar-refractivity contribution in [2.24, 2.45) is 17.8 Å². The third-order valence-corrected chi connectivity index (χ3v) is 6.65. The molecule has 0 spiro atoms. The molecule has 1 aliphatic carbocycles. The standard InChI is InChI=1S/C23H26N2O2/c1-2-15-14-25-12-10-17(15)13-21(25)22(27-23(26)16-7-8-16)19-9-11-24-20-6-4-3-5-18(19)20/h2-6,9,11,15-17,21-22H,1,7-8,10,12-14H2/t15-,17+,21+,22-/m1/s1. The summed E-state index contributed by atoms with van der Waals surface area (Å²) >= 11 is 0. The number of hydrogen-bond acceptors (Lipinski definition) is 4. The van der Waals surface area contributed by atoms with Crippen LogP contribution in [0.1, 0.15) is 37.4 Å². The molecule has 6 rings (SSSR count). The van der Waals surface area contributed by atoms with Crippen LogP contribution in [0.15, 0.2) is 49.2 Å². The minimum Gasteiger partial charge on any atom is -0.456 e. The fourth-order valence-electron chi connectivity index (χ4n) is 4.95. The summed E-state index contributed by atoms with van der Waals surface area (Å²) in [5.74, 6) is 1.29. The molecule has 3 saturated heterocycles. The van der Waals surface area contributed by atoms with Crippen LogP contribution in [-0.2, 0) is 9.53 Å². The highest BCUT2D eigenvalue weighted by molar-refractivity contribution is 5.83. The van der Waals surface area contributed by atoms with Crippen LogP contribution in [0.5, 0.6) is 0 Å². The maximum absolute atomic E-state index is 12.6. The first-order chi connectivity index (χ1) is 13.2. The van der Waals surface area contributed by atoms with E-state index in [0.29, 0.717) is 11.8 Å². The van der Waals surface area contributed by atoms with Crippen LogP contribution in [0.4, 0.5) is 0 Å². The van der Waals surface area contributed by atoms with E-state index in [4.69, 9.17) is 4.74 Å². The highest BCUT2D eigenvalue weighted by Gasteiger charge is 2.45. The third-order valence-electron chi connectivity index (χ3n) is 6.65. The van der Waals surface area contributed by atoms with E-state index in [1.807, 2.05) is 30.5 Å². The first kappa shape index (κ1) is 16.9. The molecule has 1 aromatic heterocycles. The van der Waals surface area contributed by atoms with Crippen molar-refractivity contribution in [3.05, 3.63) is 54.7 Å². The quantitative estimate of drug-likeness (QED) is 0.593. The Balaban J connectivity index is 1.53. The Morgan fingerprint density at radius 2 is 2.11 bits per heavy atom. The van der Waals surface area contributed by atoms with Crippen LogP contribution in [0.25, 0.3) is 10.9 Å². The van der Waals surface area contributed by atoms with Crippen LogP contribution in [0.3, 0.4) is 0 Å². The lowest BCUT2D eigenvalue weighted by atomic mass is 9.73. The smallest absolute Gasteiger partial charge is 0.309 e. The lowest BCUT2D eigenvalue weighted by Crippen LogP contribution is -2.55. The molecule has 1 saturated carbocycles. The molecule has 140 valence electrons. The molecular formula is C23H26N2O2. The summed E-state index contributed by atoms with van der Waals surface area (Å²) in [5.41, 5.74) is 2.06. The molecule has 0 N–H and O–H groups in total. The zero-order valence-corrected chi connectivity index (χ0v) is 15.6. The van der Waals surface area contributed by atoms with Crippen molar-refractivity contribution in [3.63, 3.8) is 0 Å². The second-order valence-electron chi connectivity index (χ2n) is 8.30. The maximum atomic E-state index is 12.6. The number of benzene rings is 1. The minimum atomic E-state index is -0.223. The van der Waals surface area contributed by atoms with Gasteiger partial charge in [-0.2, -0.15) is 0 Å². The van der Waals surface area contributed by atoms with Gasteiger partial charge >= 0.3 is 5.97 Å². The first-order valence-electron chi connectivity index (χ1n) is 10.2. The van der Waals surface area contributed by atoms with E-state index in [-0.39, 0.29) is 24.0 Å². The number of rotatable bonds is 5. The molecule has 4 aliphatic rings. The topological polar surface area (TPSA) is 42.4 Å². The molecule has 4 nitrogen and oxygen atoms in total. The Morgan fingerprint density at radius 1 is 1.26 bits per heavy atom. The molecule has 4 fully saturated rings. The second-order valence-corrected chi connectivity index (χ2v) is 8.30.